The van der Waals surface area contributed by atoms with Gasteiger partial charge in [0.2, 0.25) is 0 Å². The first-order valence-electron chi connectivity index (χ1n) is 5.39. The lowest BCUT2D eigenvalue weighted by atomic mass is 9.91. The van der Waals surface area contributed by atoms with Crippen molar-refractivity contribution in [1.82, 2.24) is 5.32 Å². The van der Waals surface area contributed by atoms with Gasteiger partial charge >= 0.3 is 0 Å². The van der Waals surface area contributed by atoms with Crippen LogP contribution in [0, 0.1) is 0 Å². The molecule has 0 aromatic heterocycles. The van der Waals surface area contributed by atoms with Crippen LogP contribution in [-0.4, -0.2) is 12.1 Å². The third-order valence-corrected chi connectivity index (χ3v) is 4.36. The van der Waals surface area contributed by atoms with Crippen molar-refractivity contribution in [2.75, 3.05) is 6.54 Å². The summed E-state index contributed by atoms with van der Waals surface area (Å²) in [6, 6.07) is 3.55. The van der Waals surface area contributed by atoms with Gasteiger partial charge in [-0.25, -0.2) is 0 Å². The van der Waals surface area contributed by atoms with E-state index in [0.717, 1.165) is 24.9 Å². The van der Waals surface area contributed by atoms with Gasteiger partial charge in [-0.2, -0.15) is 0 Å². The Labute approximate surface area is 111 Å². The van der Waals surface area contributed by atoms with E-state index in [-0.39, 0.29) is 5.54 Å². The van der Waals surface area contributed by atoms with Gasteiger partial charge in [0.1, 0.15) is 0 Å². The maximum atomic E-state index is 6.19. The predicted octanol–water partition coefficient (Wildman–Crippen LogP) is 4.33. The van der Waals surface area contributed by atoms with E-state index in [1.165, 1.54) is 6.42 Å². The van der Waals surface area contributed by atoms with Gasteiger partial charge < -0.3 is 5.32 Å². The van der Waals surface area contributed by atoms with Gasteiger partial charge in [0.25, 0.3) is 0 Å². The molecule has 88 valence electrons. The smallest absolute Gasteiger partial charge is 0.0639 e. The predicted molar refractivity (Wildman–Crippen MR) is 70.8 cm³/mol. The minimum atomic E-state index is 0.0952. The average molecular weight is 279 g/mol. The zero-order valence-electron chi connectivity index (χ0n) is 9.12. The zero-order valence-corrected chi connectivity index (χ0v) is 11.4. The second-order valence-corrected chi connectivity index (χ2v) is 5.78. The quantitative estimate of drug-likeness (QED) is 0.794. The van der Waals surface area contributed by atoms with Crippen LogP contribution in [0.2, 0.25) is 15.1 Å². The molecule has 16 heavy (non-hydrogen) atoms. The van der Waals surface area contributed by atoms with Crippen LogP contribution in [-0.2, 0) is 6.42 Å². The number of rotatable bonds is 2. The van der Waals surface area contributed by atoms with E-state index in [9.17, 15) is 0 Å². The largest absolute Gasteiger partial charge is 0.311 e. The Morgan fingerprint density at radius 1 is 1.25 bits per heavy atom. The van der Waals surface area contributed by atoms with Crippen LogP contribution in [0.3, 0.4) is 0 Å². The molecule has 1 nitrogen and oxygen atoms in total. The fourth-order valence-electron chi connectivity index (χ4n) is 2.23. The summed E-state index contributed by atoms with van der Waals surface area (Å²) < 4.78 is 0. The van der Waals surface area contributed by atoms with Gasteiger partial charge in [-0.1, -0.05) is 34.8 Å². The molecule has 1 aliphatic rings. The van der Waals surface area contributed by atoms with E-state index >= 15 is 0 Å². The van der Waals surface area contributed by atoms with Crippen LogP contribution in [0.25, 0.3) is 0 Å². The molecule has 1 heterocycles. The minimum absolute atomic E-state index is 0.0952. The highest BCUT2D eigenvalue weighted by Gasteiger charge is 2.30. The second kappa shape index (κ2) is 4.73. The van der Waals surface area contributed by atoms with Gasteiger partial charge in [-0.15, -0.1) is 0 Å². The monoisotopic (exact) mass is 277 g/mol. The maximum absolute atomic E-state index is 6.19. The van der Waals surface area contributed by atoms with Crippen molar-refractivity contribution in [3.8, 4) is 0 Å². The molecule has 1 atom stereocenters. The lowest BCUT2D eigenvalue weighted by Crippen LogP contribution is -2.38. The van der Waals surface area contributed by atoms with Crippen molar-refractivity contribution in [2.24, 2.45) is 0 Å². The van der Waals surface area contributed by atoms with Crippen molar-refractivity contribution in [3.63, 3.8) is 0 Å². The molecular weight excluding hydrogens is 264 g/mol. The SMILES string of the molecule is CC1(Cc2c(Cl)ccc(Cl)c2Cl)CCCN1. The molecule has 1 aromatic carbocycles. The number of halogens is 3. The molecule has 0 radical (unpaired) electrons. The molecule has 0 saturated carbocycles. The molecule has 1 aromatic rings. The lowest BCUT2D eigenvalue weighted by Gasteiger charge is -2.25. The summed E-state index contributed by atoms with van der Waals surface area (Å²) in [6.07, 6.45) is 3.17. The summed E-state index contributed by atoms with van der Waals surface area (Å²) >= 11 is 18.4. The topological polar surface area (TPSA) is 12.0 Å². The Hall–Kier alpha value is 0.0500. The zero-order chi connectivity index (χ0) is 11.8. The Morgan fingerprint density at radius 3 is 2.56 bits per heavy atom. The van der Waals surface area contributed by atoms with Crippen molar-refractivity contribution in [3.05, 3.63) is 32.8 Å². The number of hydrogen-bond acceptors (Lipinski definition) is 1. The molecule has 1 N–H and O–H groups in total. The summed E-state index contributed by atoms with van der Waals surface area (Å²) in [4.78, 5) is 0. The summed E-state index contributed by atoms with van der Waals surface area (Å²) in [7, 11) is 0. The fraction of sp³-hybridized carbons (Fsp3) is 0.500. The third-order valence-electron chi connectivity index (χ3n) is 3.16. The summed E-state index contributed by atoms with van der Waals surface area (Å²) in [5, 5.41) is 5.35. The van der Waals surface area contributed by atoms with Crippen LogP contribution >= 0.6 is 34.8 Å². The minimum Gasteiger partial charge on any atom is -0.311 e. The van der Waals surface area contributed by atoms with Crippen LogP contribution in [0.5, 0.6) is 0 Å². The summed E-state index contributed by atoms with van der Waals surface area (Å²) in [5.41, 5.74) is 1.05. The van der Waals surface area contributed by atoms with Crippen LogP contribution in [0.4, 0.5) is 0 Å². The molecule has 0 aliphatic carbocycles. The molecule has 4 heteroatoms. The maximum Gasteiger partial charge on any atom is 0.0639 e. The molecule has 0 spiro atoms. The molecule has 1 unspecified atom stereocenters. The van der Waals surface area contributed by atoms with Gasteiger partial charge in [-0.05, 0) is 50.4 Å². The van der Waals surface area contributed by atoms with Gasteiger partial charge in [0, 0.05) is 10.6 Å². The fourth-order valence-corrected chi connectivity index (χ4v) is 2.91. The molecule has 1 aliphatic heterocycles. The van der Waals surface area contributed by atoms with Crippen molar-refractivity contribution in [2.45, 2.75) is 31.7 Å². The molecule has 1 fully saturated rings. The lowest BCUT2D eigenvalue weighted by molar-refractivity contribution is 0.413. The average Bonchev–Trinajstić information content (AvgIpc) is 2.66. The third kappa shape index (κ3) is 2.48. The molecule has 0 bridgehead atoms. The highest BCUT2D eigenvalue weighted by atomic mass is 35.5. The Bertz CT molecular complexity index is 397. The van der Waals surface area contributed by atoms with Crippen LogP contribution in [0.1, 0.15) is 25.3 Å². The first-order valence-corrected chi connectivity index (χ1v) is 6.53. The number of nitrogens with one attached hydrogen (secondary N) is 1. The van der Waals surface area contributed by atoms with Crippen LogP contribution < -0.4 is 5.32 Å². The number of hydrogen-bond donors (Lipinski definition) is 1. The van der Waals surface area contributed by atoms with Crippen molar-refractivity contribution < 1.29 is 0 Å². The summed E-state index contributed by atoms with van der Waals surface area (Å²) in [6.45, 7) is 3.26. The normalized spacial score (nSPS) is 25.0. The standard InChI is InChI=1S/C12H14Cl3N/c1-12(5-2-6-16-12)7-8-9(13)3-4-10(14)11(8)15/h3-4,16H,2,5-7H2,1H3. The van der Waals surface area contributed by atoms with Gasteiger partial charge in [-0.3, -0.25) is 0 Å². The first-order chi connectivity index (χ1) is 7.52. The van der Waals surface area contributed by atoms with E-state index in [1.807, 2.05) is 6.07 Å². The number of benzene rings is 1. The Morgan fingerprint density at radius 2 is 1.94 bits per heavy atom. The van der Waals surface area contributed by atoms with Gasteiger partial charge in [0.05, 0.1) is 10.0 Å². The van der Waals surface area contributed by atoms with E-state index in [0.29, 0.717) is 15.1 Å². The van der Waals surface area contributed by atoms with Crippen molar-refractivity contribution in [1.29, 1.82) is 0 Å². The van der Waals surface area contributed by atoms with E-state index < -0.39 is 0 Å². The van der Waals surface area contributed by atoms with E-state index in [4.69, 9.17) is 34.8 Å². The van der Waals surface area contributed by atoms with Crippen molar-refractivity contribution >= 4 is 34.8 Å². The highest BCUT2D eigenvalue weighted by Crippen LogP contribution is 2.35. The van der Waals surface area contributed by atoms with Crippen LogP contribution in [0.15, 0.2) is 12.1 Å². The summed E-state index contributed by atoms with van der Waals surface area (Å²) in [5.74, 6) is 0. The Balaban J connectivity index is 2.30. The van der Waals surface area contributed by atoms with E-state index in [2.05, 4.69) is 12.2 Å². The second-order valence-electron chi connectivity index (χ2n) is 4.59. The molecule has 0 amide bonds. The molecular formula is C12H14Cl3N. The molecule has 2 rings (SSSR count). The highest BCUT2D eigenvalue weighted by molar-refractivity contribution is 6.44. The van der Waals surface area contributed by atoms with Gasteiger partial charge in [0.15, 0.2) is 0 Å². The Kier molecular flexibility index (Phi) is 3.70. The molecule has 1 saturated heterocycles. The van der Waals surface area contributed by atoms with E-state index in [1.54, 1.807) is 6.07 Å². The first kappa shape index (κ1) is 12.5.